The molecule has 1 aliphatic rings. The molecule has 31 heavy (non-hydrogen) atoms. The molecule has 1 heterocycles. The Bertz CT molecular complexity index is 1180. The number of carbonyl (C=O) groups is 2. The molecule has 0 atom stereocenters. The van der Waals surface area contributed by atoms with Gasteiger partial charge in [-0.05, 0) is 53.6 Å². The van der Waals surface area contributed by atoms with Crippen LogP contribution in [0, 0.1) is 5.82 Å². The molecular formula is C23H15Cl2FN2O3. The molecule has 1 N–H and O–H groups in total. The minimum absolute atomic E-state index is 0.0515. The molecule has 156 valence electrons. The van der Waals surface area contributed by atoms with Gasteiger partial charge in [-0.25, -0.2) is 9.40 Å². The SMILES string of the molecule is O=C1NN(c2ccccc2)C(=O)C1=Cc1cc(Cl)c(OCc2cccc(F)c2)c(Cl)c1. The van der Waals surface area contributed by atoms with Crippen molar-refractivity contribution < 1.29 is 18.7 Å². The molecule has 0 bridgehead atoms. The summed E-state index contributed by atoms with van der Waals surface area (Å²) >= 11 is 12.6. The lowest BCUT2D eigenvalue weighted by molar-refractivity contribution is -0.117. The number of ether oxygens (including phenoxy) is 1. The fourth-order valence-electron chi connectivity index (χ4n) is 3.07. The van der Waals surface area contributed by atoms with E-state index in [1.165, 1.54) is 35.4 Å². The molecular weight excluding hydrogens is 442 g/mol. The van der Waals surface area contributed by atoms with Crippen molar-refractivity contribution in [3.8, 4) is 5.75 Å². The van der Waals surface area contributed by atoms with Gasteiger partial charge in [-0.15, -0.1) is 0 Å². The number of hydrogen-bond acceptors (Lipinski definition) is 3. The first-order valence-electron chi connectivity index (χ1n) is 9.21. The molecule has 8 heteroatoms. The Morgan fingerprint density at radius 3 is 2.35 bits per heavy atom. The Morgan fingerprint density at radius 2 is 1.68 bits per heavy atom. The summed E-state index contributed by atoms with van der Waals surface area (Å²) in [7, 11) is 0. The zero-order valence-corrected chi connectivity index (χ0v) is 17.5. The normalized spacial score (nSPS) is 14.8. The molecule has 0 aromatic heterocycles. The first kappa shape index (κ1) is 20.9. The maximum Gasteiger partial charge on any atom is 0.282 e. The van der Waals surface area contributed by atoms with E-state index in [0.29, 0.717) is 16.8 Å². The summed E-state index contributed by atoms with van der Waals surface area (Å²) in [5, 5.41) is 1.57. The van der Waals surface area contributed by atoms with Crippen molar-refractivity contribution in [3.63, 3.8) is 0 Å². The van der Waals surface area contributed by atoms with Gasteiger partial charge in [0.05, 0.1) is 15.7 Å². The van der Waals surface area contributed by atoms with Crippen LogP contribution in [0.15, 0.2) is 72.3 Å². The van der Waals surface area contributed by atoms with E-state index in [1.807, 2.05) is 6.07 Å². The van der Waals surface area contributed by atoms with Crippen LogP contribution in [0.1, 0.15) is 11.1 Å². The highest BCUT2D eigenvalue weighted by Crippen LogP contribution is 2.36. The van der Waals surface area contributed by atoms with Gasteiger partial charge in [0.15, 0.2) is 5.75 Å². The van der Waals surface area contributed by atoms with Gasteiger partial charge in [-0.2, -0.15) is 0 Å². The maximum absolute atomic E-state index is 13.3. The third-order valence-electron chi connectivity index (χ3n) is 4.51. The summed E-state index contributed by atoms with van der Waals surface area (Å²) in [6.45, 7) is 0.0740. The summed E-state index contributed by atoms with van der Waals surface area (Å²) in [6, 6.07) is 17.8. The molecule has 3 aromatic rings. The number of benzene rings is 3. The van der Waals surface area contributed by atoms with Crippen LogP contribution in [-0.2, 0) is 16.2 Å². The molecule has 4 rings (SSSR count). The van der Waals surface area contributed by atoms with Gasteiger partial charge in [0.2, 0.25) is 0 Å². The van der Waals surface area contributed by atoms with Gasteiger partial charge in [0, 0.05) is 0 Å². The Balaban J connectivity index is 1.56. The van der Waals surface area contributed by atoms with Gasteiger partial charge in [-0.1, -0.05) is 53.5 Å². The van der Waals surface area contributed by atoms with Crippen LogP contribution in [0.5, 0.6) is 5.75 Å². The fraction of sp³-hybridized carbons (Fsp3) is 0.0435. The van der Waals surface area contributed by atoms with Crippen molar-refractivity contribution in [1.82, 2.24) is 5.43 Å². The van der Waals surface area contributed by atoms with Gasteiger partial charge in [0.25, 0.3) is 11.8 Å². The number of anilines is 1. The molecule has 0 radical (unpaired) electrons. The van der Waals surface area contributed by atoms with Crippen molar-refractivity contribution in [3.05, 3.63) is 99.3 Å². The van der Waals surface area contributed by atoms with Gasteiger partial charge >= 0.3 is 0 Å². The van der Waals surface area contributed by atoms with Gasteiger partial charge < -0.3 is 4.74 Å². The molecule has 0 unspecified atom stereocenters. The van der Waals surface area contributed by atoms with E-state index in [1.54, 1.807) is 36.4 Å². The number of amides is 2. The molecule has 1 saturated heterocycles. The topological polar surface area (TPSA) is 58.6 Å². The van der Waals surface area contributed by atoms with Crippen LogP contribution in [0.3, 0.4) is 0 Å². The second-order valence-electron chi connectivity index (χ2n) is 6.71. The predicted octanol–water partition coefficient (Wildman–Crippen LogP) is 5.17. The third kappa shape index (κ3) is 4.55. The average molecular weight is 457 g/mol. The van der Waals surface area contributed by atoms with E-state index in [9.17, 15) is 14.0 Å². The lowest BCUT2D eigenvalue weighted by Crippen LogP contribution is -2.35. The first-order chi connectivity index (χ1) is 14.9. The number of nitrogens with zero attached hydrogens (tertiary/aromatic N) is 1. The maximum atomic E-state index is 13.3. The third-order valence-corrected chi connectivity index (χ3v) is 5.07. The summed E-state index contributed by atoms with van der Waals surface area (Å²) in [6.07, 6.45) is 1.41. The van der Waals surface area contributed by atoms with Crippen LogP contribution in [0.4, 0.5) is 10.1 Å². The Kier molecular flexibility index (Phi) is 5.93. The predicted molar refractivity (Wildman–Crippen MR) is 117 cm³/mol. The lowest BCUT2D eigenvalue weighted by atomic mass is 10.1. The number of para-hydroxylation sites is 1. The van der Waals surface area contributed by atoms with Crippen LogP contribution >= 0.6 is 23.2 Å². The highest BCUT2D eigenvalue weighted by Gasteiger charge is 2.34. The lowest BCUT2D eigenvalue weighted by Gasteiger charge is -2.14. The zero-order chi connectivity index (χ0) is 22.0. The zero-order valence-electron chi connectivity index (χ0n) is 15.9. The summed E-state index contributed by atoms with van der Waals surface area (Å²) in [5.41, 5.74) is 4.10. The average Bonchev–Trinajstić information content (AvgIpc) is 3.02. The minimum atomic E-state index is -0.535. The largest absolute Gasteiger partial charge is 0.486 e. The van der Waals surface area contributed by atoms with Crippen LogP contribution in [0.25, 0.3) is 6.08 Å². The quantitative estimate of drug-likeness (QED) is 0.425. The highest BCUT2D eigenvalue weighted by molar-refractivity contribution is 6.37. The number of carbonyl (C=O) groups excluding carboxylic acids is 2. The molecule has 0 saturated carbocycles. The summed E-state index contributed by atoms with van der Waals surface area (Å²) in [5.74, 6) is -1.17. The van der Waals surface area contributed by atoms with E-state index >= 15 is 0 Å². The number of rotatable bonds is 5. The van der Waals surface area contributed by atoms with Crippen LogP contribution in [0.2, 0.25) is 10.0 Å². The second-order valence-corrected chi connectivity index (χ2v) is 7.52. The minimum Gasteiger partial charge on any atom is -0.486 e. The standard InChI is InChI=1S/C23H15Cl2FN2O3/c24-19-11-15(12-20(25)21(19)31-13-14-5-4-6-16(26)9-14)10-18-22(29)27-28(23(18)30)17-7-2-1-3-8-17/h1-12H,13H2,(H,27,29). The Hall–Kier alpha value is -3.35. The Morgan fingerprint density at radius 1 is 0.968 bits per heavy atom. The van der Waals surface area contributed by atoms with Crippen molar-refractivity contribution >= 4 is 46.8 Å². The van der Waals surface area contributed by atoms with Crippen LogP contribution in [-0.4, -0.2) is 11.8 Å². The molecule has 0 aliphatic carbocycles. The van der Waals surface area contributed by atoms with Crippen LogP contribution < -0.4 is 15.2 Å². The Labute approximate surface area is 187 Å². The van der Waals surface area contributed by atoms with E-state index in [-0.39, 0.29) is 33.8 Å². The fourth-order valence-corrected chi connectivity index (χ4v) is 3.68. The van der Waals surface area contributed by atoms with E-state index in [4.69, 9.17) is 27.9 Å². The number of halogens is 3. The molecule has 1 fully saturated rings. The monoisotopic (exact) mass is 456 g/mol. The molecule has 5 nitrogen and oxygen atoms in total. The molecule has 1 aliphatic heterocycles. The highest BCUT2D eigenvalue weighted by atomic mass is 35.5. The number of hydrogen-bond donors (Lipinski definition) is 1. The number of hydrazine groups is 1. The smallest absolute Gasteiger partial charge is 0.282 e. The van der Waals surface area contributed by atoms with Crippen molar-refractivity contribution in [1.29, 1.82) is 0 Å². The molecule has 3 aromatic carbocycles. The molecule has 0 spiro atoms. The van der Waals surface area contributed by atoms with E-state index in [2.05, 4.69) is 5.43 Å². The van der Waals surface area contributed by atoms with Crippen molar-refractivity contribution in [2.75, 3.05) is 5.01 Å². The summed E-state index contributed by atoms with van der Waals surface area (Å²) < 4.78 is 19.0. The van der Waals surface area contributed by atoms with Crippen molar-refractivity contribution in [2.24, 2.45) is 0 Å². The number of nitrogens with one attached hydrogen (secondary N) is 1. The molecule has 2 amide bonds. The van der Waals surface area contributed by atoms with E-state index in [0.717, 1.165) is 0 Å². The second kappa shape index (κ2) is 8.79. The first-order valence-corrected chi connectivity index (χ1v) is 9.96. The van der Waals surface area contributed by atoms with E-state index < -0.39 is 11.8 Å². The van der Waals surface area contributed by atoms with Gasteiger partial charge in [-0.3, -0.25) is 15.0 Å². The van der Waals surface area contributed by atoms with Gasteiger partial charge in [0.1, 0.15) is 18.0 Å². The van der Waals surface area contributed by atoms with Crippen molar-refractivity contribution in [2.45, 2.75) is 6.61 Å². The summed E-state index contributed by atoms with van der Waals surface area (Å²) in [4.78, 5) is 25.0.